The average Bonchev–Trinajstić information content (AvgIpc) is 2.24. The van der Waals surface area contributed by atoms with E-state index in [0.717, 1.165) is 15.6 Å². The second kappa shape index (κ2) is 3.06. The number of benzene rings is 1. The molecule has 0 aromatic heterocycles. The van der Waals surface area contributed by atoms with E-state index in [1.54, 1.807) is 27.7 Å². The molecule has 0 unspecified atom stereocenters. The maximum Gasteiger partial charge on any atom is 0.266 e. The summed E-state index contributed by atoms with van der Waals surface area (Å²) in [6.45, 7) is 6.48. The fraction of sp³-hybridized carbons (Fsp3) is 0.538. The van der Waals surface area contributed by atoms with Gasteiger partial charge in [-0.25, -0.2) is 8.78 Å². The van der Waals surface area contributed by atoms with E-state index in [0.29, 0.717) is 0 Å². The number of alkyl halides is 2. The molecule has 0 bridgehead atoms. The molecule has 1 aliphatic carbocycles. The molecule has 2 rings (SSSR count). The van der Waals surface area contributed by atoms with Gasteiger partial charge in [-0.3, -0.25) is 0 Å². The van der Waals surface area contributed by atoms with Crippen LogP contribution >= 0.6 is 15.9 Å². The largest absolute Gasteiger partial charge is 0.266 e. The fourth-order valence-electron chi connectivity index (χ4n) is 2.70. The number of hydrogen-bond acceptors (Lipinski definition) is 0. The monoisotopic (exact) mass is 288 g/mol. The zero-order chi connectivity index (χ0) is 12.4. The summed E-state index contributed by atoms with van der Waals surface area (Å²) < 4.78 is 29.7. The first-order chi connectivity index (χ1) is 7.12. The molecule has 0 spiro atoms. The lowest BCUT2D eigenvalue weighted by Gasteiger charge is -2.35. The van der Waals surface area contributed by atoms with Crippen molar-refractivity contribution in [3.05, 3.63) is 33.8 Å². The Labute approximate surface area is 103 Å². The van der Waals surface area contributed by atoms with E-state index in [1.165, 1.54) is 0 Å². The van der Waals surface area contributed by atoms with Crippen LogP contribution in [0.2, 0.25) is 0 Å². The van der Waals surface area contributed by atoms with Crippen molar-refractivity contribution < 1.29 is 8.78 Å². The number of hydrogen-bond donors (Lipinski definition) is 0. The summed E-state index contributed by atoms with van der Waals surface area (Å²) in [5.74, 6) is -2.73. The van der Waals surface area contributed by atoms with Crippen LogP contribution in [-0.2, 0) is 10.8 Å². The lowest BCUT2D eigenvalue weighted by atomic mass is 9.77. The minimum absolute atomic E-state index is 0.747. The van der Waals surface area contributed by atoms with Crippen molar-refractivity contribution in [1.82, 2.24) is 0 Å². The highest BCUT2D eigenvalue weighted by molar-refractivity contribution is 9.10. The predicted octanol–water partition coefficient (Wildman–Crippen LogP) is 4.65. The minimum Gasteiger partial charge on any atom is -0.205 e. The van der Waals surface area contributed by atoms with E-state index in [2.05, 4.69) is 15.9 Å². The average molecular weight is 289 g/mol. The first kappa shape index (κ1) is 12.0. The zero-order valence-corrected chi connectivity index (χ0v) is 11.5. The van der Waals surface area contributed by atoms with Crippen LogP contribution in [-0.4, -0.2) is 5.92 Å². The first-order valence-corrected chi connectivity index (χ1v) is 6.10. The van der Waals surface area contributed by atoms with Gasteiger partial charge in [-0.15, -0.1) is 0 Å². The Balaban J connectivity index is 2.79. The van der Waals surface area contributed by atoms with Gasteiger partial charge in [-0.1, -0.05) is 22.0 Å². The molecule has 0 nitrogen and oxygen atoms in total. The van der Waals surface area contributed by atoms with Crippen LogP contribution in [0.1, 0.15) is 38.8 Å². The molecule has 0 saturated heterocycles. The molecule has 0 amide bonds. The van der Waals surface area contributed by atoms with Gasteiger partial charge >= 0.3 is 0 Å². The highest BCUT2D eigenvalue weighted by Gasteiger charge is 2.65. The van der Waals surface area contributed by atoms with Crippen molar-refractivity contribution in [2.75, 3.05) is 0 Å². The Morgan fingerprint density at radius 1 is 0.938 bits per heavy atom. The van der Waals surface area contributed by atoms with Gasteiger partial charge in [-0.05, 0) is 51.0 Å². The van der Waals surface area contributed by atoms with E-state index in [1.807, 2.05) is 18.2 Å². The maximum absolute atomic E-state index is 14.4. The summed E-state index contributed by atoms with van der Waals surface area (Å²) in [6.07, 6.45) is 0. The topological polar surface area (TPSA) is 0 Å². The van der Waals surface area contributed by atoms with E-state index in [-0.39, 0.29) is 0 Å². The number of halogens is 3. The third kappa shape index (κ3) is 1.18. The SMILES string of the molecule is CC1(C)c2ccc(Br)cc2C(C)(C)C1(F)F. The van der Waals surface area contributed by atoms with Crippen molar-refractivity contribution in [3.8, 4) is 0 Å². The maximum atomic E-state index is 14.4. The predicted molar refractivity (Wildman–Crippen MR) is 65.1 cm³/mol. The van der Waals surface area contributed by atoms with Gasteiger partial charge in [-0.2, -0.15) is 0 Å². The van der Waals surface area contributed by atoms with E-state index < -0.39 is 16.8 Å². The second-order valence-electron chi connectivity index (χ2n) is 5.51. The van der Waals surface area contributed by atoms with E-state index >= 15 is 0 Å². The Morgan fingerprint density at radius 3 is 2.00 bits per heavy atom. The quantitative estimate of drug-likeness (QED) is 0.652. The van der Waals surface area contributed by atoms with Gasteiger partial charge in [0.15, 0.2) is 0 Å². The van der Waals surface area contributed by atoms with Crippen LogP contribution in [0.3, 0.4) is 0 Å². The van der Waals surface area contributed by atoms with Gasteiger partial charge in [0.1, 0.15) is 0 Å². The smallest absolute Gasteiger partial charge is 0.205 e. The summed E-state index contributed by atoms with van der Waals surface area (Å²) in [5.41, 5.74) is -0.718. The van der Waals surface area contributed by atoms with Gasteiger partial charge in [0, 0.05) is 4.47 Å². The molecule has 0 N–H and O–H groups in total. The lowest BCUT2D eigenvalue weighted by molar-refractivity contribution is -0.105. The van der Waals surface area contributed by atoms with Crippen molar-refractivity contribution in [2.45, 2.75) is 44.4 Å². The molecule has 88 valence electrons. The van der Waals surface area contributed by atoms with Gasteiger partial charge in [0.2, 0.25) is 0 Å². The van der Waals surface area contributed by atoms with Crippen LogP contribution in [0, 0.1) is 0 Å². The molecular formula is C13H15BrF2. The second-order valence-corrected chi connectivity index (χ2v) is 6.43. The fourth-order valence-corrected chi connectivity index (χ4v) is 3.06. The minimum atomic E-state index is -2.73. The van der Waals surface area contributed by atoms with E-state index in [4.69, 9.17) is 0 Å². The van der Waals surface area contributed by atoms with Gasteiger partial charge in [0.25, 0.3) is 5.92 Å². The molecule has 3 heteroatoms. The molecule has 0 radical (unpaired) electrons. The highest BCUT2D eigenvalue weighted by atomic mass is 79.9. The molecule has 16 heavy (non-hydrogen) atoms. The Bertz CT molecular complexity index is 447. The molecule has 0 saturated carbocycles. The van der Waals surface area contributed by atoms with Crippen molar-refractivity contribution in [3.63, 3.8) is 0 Å². The Morgan fingerprint density at radius 2 is 1.44 bits per heavy atom. The molecule has 1 aliphatic rings. The van der Waals surface area contributed by atoms with Crippen LogP contribution in [0.25, 0.3) is 0 Å². The van der Waals surface area contributed by atoms with Crippen LogP contribution in [0.15, 0.2) is 22.7 Å². The zero-order valence-electron chi connectivity index (χ0n) is 9.87. The van der Waals surface area contributed by atoms with Crippen molar-refractivity contribution in [1.29, 1.82) is 0 Å². The van der Waals surface area contributed by atoms with Crippen molar-refractivity contribution in [2.24, 2.45) is 0 Å². The Kier molecular flexibility index (Phi) is 2.30. The summed E-state index contributed by atoms with van der Waals surface area (Å²) in [6, 6.07) is 5.46. The third-order valence-corrected chi connectivity index (χ3v) is 4.39. The Hall–Kier alpha value is -0.440. The van der Waals surface area contributed by atoms with Crippen LogP contribution in [0.4, 0.5) is 8.78 Å². The molecule has 0 fully saturated rings. The standard InChI is InChI=1S/C13H15BrF2/c1-11(2)9-6-5-8(14)7-10(9)12(3,4)13(11,15)16/h5-7H,1-4H3. The normalized spacial score (nSPS) is 24.2. The summed E-state index contributed by atoms with van der Waals surface area (Å²) in [4.78, 5) is 0. The molecule has 0 heterocycles. The number of fused-ring (bicyclic) bond motifs is 1. The summed E-state index contributed by atoms with van der Waals surface area (Å²) in [7, 11) is 0. The van der Waals surface area contributed by atoms with Crippen molar-refractivity contribution >= 4 is 15.9 Å². The molecule has 0 aliphatic heterocycles. The van der Waals surface area contributed by atoms with Crippen LogP contribution in [0.5, 0.6) is 0 Å². The first-order valence-electron chi connectivity index (χ1n) is 5.30. The lowest BCUT2D eigenvalue weighted by Crippen LogP contribution is -2.46. The molecular weight excluding hydrogens is 274 g/mol. The number of rotatable bonds is 0. The molecule has 1 aromatic rings. The molecule has 1 aromatic carbocycles. The van der Waals surface area contributed by atoms with Gasteiger partial charge in [0.05, 0.1) is 10.8 Å². The summed E-state index contributed by atoms with van der Waals surface area (Å²) >= 11 is 3.35. The molecule has 0 atom stereocenters. The summed E-state index contributed by atoms with van der Waals surface area (Å²) in [5, 5.41) is 0. The highest BCUT2D eigenvalue weighted by Crippen LogP contribution is 2.59. The van der Waals surface area contributed by atoms with Crippen LogP contribution < -0.4 is 0 Å². The van der Waals surface area contributed by atoms with Gasteiger partial charge < -0.3 is 0 Å². The third-order valence-electron chi connectivity index (χ3n) is 3.90. The van der Waals surface area contributed by atoms with E-state index in [9.17, 15) is 8.78 Å².